The van der Waals surface area contributed by atoms with Gasteiger partial charge in [-0.05, 0) is 71.3 Å². The zero-order chi connectivity index (χ0) is 30.5. The highest BCUT2D eigenvalue weighted by Gasteiger charge is 2.39. The van der Waals surface area contributed by atoms with Crippen molar-refractivity contribution < 1.29 is 13.1 Å². The van der Waals surface area contributed by atoms with Crippen LogP contribution >= 0.6 is 0 Å². The van der Waals surface area contributed by atoms with Crippen molar-refractivity contribution >= 4 is 33.0 Å². The van der Waals surface area contributed by atoms with E-state index >= 15 is 0 Å². The molecule has 0 aliphatic heterocycles. The molecule has 0 radical (unpaired) electrons. The Balaban J connectivity index is 1.52. The maximum atomic E-state index is 8.26. The fraction of sp³-hybridized carbons (Fsp3) is 0.297. The lowest BCUT2D eigenvalue weighted by molar-refractivity contribution is -0.660. The number of furan rings is 1. The summed E-state index contributed by atoms with van der Waals surface area (Å²) in [6.07, 6.45) is 4.01. The van der Waals surface area contributed by atoms with Crippen LogP contribution < -0.4 is 4.57 Å². The minimum Gasteiger partial charge on any atom is -0.437 e. The molecule has 0 atom stereocenters. The van der Waals surface area contributed by atoms with E-state index in [-0.39, 0.29) is 10.8 Å². The second kappa shape index (κ2) is 8.51. The molecule has 6 aromatic rings. The maximum absolute atomic E-state index is 8.26. The second-order valence-corrected chi connectivity index (χ2v) is 12.9. The van der Waals surface area contributed by atoms with E-state index in [0.29, 0.717) is 16.8 Å². The van der Waals surface area contributed by atoms with Crippen molar-refractivity contribution in [2.24, 2.45) is 7.05 Å². The van der Waals surface area contributed by atoms with Crippen LogP contribution in [-0.4, -0.2) is 4.98 Å². The Morgan fingerprint density at radius 3 is 2.42 bits per heavy atom. The number of hydrogen-bond acceptors (Lipinski definition) is 2. The highest BCUT2D eigenvalue weighted by atomic mass is 16.3. The molecule has 3 heterocycles. The smallest absolute Gasteiger partial charge is 0.227 e. The topological polar surface area (TPSA) is 29.9 Å². The van der Waals surface area contributed by atoms with Crippen LogP contribution in [-0.2, 0) is 17.9 Å². The van der Waals surface area contributed by atoms with Crippen molar-refractivity contribution in [3.05, 3.63) is 95.2 Å². The summed E-state index contributed by atoms with van der Waals surface area (Å²) in [7, 11) is 1.91. The van der Waals surface area contributed by atoms with Crippen molar-refractivity contribution in [3.8, 4) is 22.4 Å². The molecule has 3 heteroatoms. The number of benzene rings is 3. The summed E-state index contributed by atoms with van der Waals surface area (Å²) in [5.74, 6) is 0. The molecular formula is C37H37N2O+. The molecule has 200 valence electrons. The standard InChI is InChI=1S/C37H37N2O/c1-22-13-15-26-28-19-25-14-16-29-32(37(5,6)18-17-36(29,3)4)33(25)38-35(28)40-34(26)31(22)30-20-27(23(2)21-39(30)7)24-11-9-8-10-12-24/h8-16,19-21H,17-18H2,1-7H3/q+1/i2D3. The first-order chi connectivity index (χ1) is 20.3. The molecule has 3 aromatic carbocycles. The summed E-state index contributed by atoms with van der Waals surface area (Å²) < 4.78 is 33.4. The van der Waals surface area contributed by atoms with Crippen LogP contribution in [0.4, 0.5) is 0 Å². The lowest BCUT2D eigenvalue weighted by atomic mass is 9.62. The van der Waals surface area contributed by atoms with Crippen molar-refractivity contribution in [3.63, 3.8) is 0 Å². The van der Waals surface area contributed by atoms with Gasteiger partial charge in [0.1, 0.15) is 7.05 Å². The molecule has 0 amide bonds. The predicted octanol–water partition coefficient (Wildman–Crippen LogP) is 9.26. The first kappa shape index (κ1) is 21.8. The minimum atomic E-state index is -2.26. The number of hydrogen-bond donors (Lipinski definition) is 0. The van der Waals surface area contributed by atoms with Gasteiger partial charge < -0.3 is 4.42 Å². The van der Waals surface area contributed by atoms with Crippen LogP contribution in [0.25, 0.3) is 55.4 Å². The molecule has 0 fully saturated rings. The van der Waals surface area contributed by atoms with Gasteiger partial charge in [-0.1, -0.05) is 82.3 Å². The number of pyridine rings is 2. The first-order valence-electron chi connectivity index (χ1n) is 15.7. The SMILES string of the molecule is [2H]C([2H])([2H])c1c[n+](C)c(-c2c(C)ccc3c2oc2nc4c5c(ccc4cc23)C(C)(C)CCC5(C)C)cc1-c1ccccc1. The third-order valence-corrected chi connectivity index (χ3v) is 9.20. The monoisotopic (exact) mass is 528 g/mol. The number of aromatic nitrogens is 2. The summed E-state index contributed by atoms with van der Waals surface area (Å²) in [6, 6.07) is 22.7. The molecule has 0 spiro atoms. The van der Waals surface area contributed by atoms with Gasteiger partial charge in [0.25, 0.3) is 0 Å². The van der Waals surface area contributed by atoms with E-state index in [1.165, 1.54) is 11.1 Å². The van der Waals surface area contributed by atoms with Crippen LogP contribution in [0.5, 0.6) is 0 Å². The summed E-state index contributed by atoms with van der Waals surface area (Å²) in [6.45, 7) is 9.16. The summed E-state index contributed by atoms with van der Waals surface area (Å²) in [5, 5.41) is 3.12. The van der Waals surface area contributed by atoms with Gasteiger partial charge in [-0.3, -0.25) is 0 Å². The molecule has 0 saturated carbocycles. The summed E-state index contributed by atoms with van der Waals surface area (Å²) in [5.41, 5.74) is 10.0. The molecular weight excluding hydrogens is 488 g/mol. The van der Waals surface area contributed by atoms with E-state index in [9.17, 15) is 0 Å². The molecule has 1 aliphatic rings. The molecule has 0 bridgehead atoms. The zero-order valence-corrected chi connectivity index (χ0v) is 24.1. The number of aryl methyl sites for hydroxylation is 3. The Morgan fingerprint density at radius 1 is 0.875 bits per heavy atom. The van der Waals surface area contributed by atoms with Crippen molar-refractivity contribution in [1.29, 1.82) is 0 Å². The average Bonchev–Trinajstić information content (AvgIpc) is 3.31. The normalized spacial score (nSPS) is 17.5. The maximum Gasteiger partial charge on any atom is 0.227 e. The fourth-order valence-electron chi connectivity index (χ4n) is 6.80. The molecule has 1 aliphatic carbocycles. The Kier molecular flexibility index (Phi) is 4.64. The molecule has 40 heavy (non-hydrogen) atoms. The van der Waals surface area contributed by atoms with Crippen LogP contribution in [0.15, 0.2) is 77.3 Å². The van der Waals surface area contributed by atoms with Crippen LogP contribution in [0.2, 0.25) is 0 Å². The first-order valence-corrected chi connectivity index (χ1v) is 14.2. The predicted molar refractivity (Wildman–Crippen MR) is 166 cm³/mol. The van der Waals surface area contributed by atoms with E-state index in [2.05, 4.69) is 65.0 Å². The third-order valence-electron chi connectivity index (χ3n) is 9.20. The Hall–Kier alpha value is -3.98. The molecule has 0 unspecified atom stereocenters. The highest BCUT2D eigenvalue weighted by molar-refractivity contribution is 6.11. The van der Waals surface area contributed by atoms with E-state index in [1.54, 1.807) is 6.20 Å². The lowest BCUT2D eigenvalue weighted by Gasteiger charge is -2.42. The number of rotatable bonds is 2. The third kappa shape index (κ3) is 3.63. The van der Waals surface area contributed by atoms with Crippen LogP contribution in [0.1, 0.15) is 66.9 Å². The Bertz CT molecular complexity index is 2090. The fourth-order valence-corrected chi connectivity index (χ4v) is 6.80. The lowest BCUT2D eigenvalue weighted by Crippen LogP contribution is -2.34. The number of fused-ring (bicyclic) bond motifs is 6. The minimum absolute atomic E-state index is 0.0188. The van der Waals surface area contributed by atoms with E-state index in [0.717, 1.165) is 62.5 Å². The largest absolute Gasteiger partial charge is 0.437 e. The molecule has 3 nitrogen and oxygen atoms in total. The van der Waals surface area contributed by atoms with E-state index < -0.39 is 6.85 Å². The summed E-state index contributed by atoms with van der Waals surface area (Å²) in [4.78, 5) is 5.24. The second-order valence-electron chi connectivity index (χ2n) is 12.9. The molecule has 7 rings (SSSR count). The number of nitrogens with zero attached hydrogens (tertiary/aromatic N) is 2. The van der Waals surface area contributed by atoms with E-state index in [1.807, 2.05) is 48.0 Å². The molecule has 3 aromatic heterocycles. The Labute approximate surface area is 240 Å². The van der Waals surface area contributed by atoms with Crippen molar-refractivity contribution in [2.45, 2.75) is 65.1 Å². The van der Waals surface area contributed by atoms with Crippen molar-refractivity contribution in [2.75, 3.05) is 0 Å². The molecule has 0 saturated heterocycles. The van der Waals surface area contributed by atoms with Gasteiger partial charge >= 0.3 is 0 Å². The quantitative estimate of drug-likeness (QED) is 0.210. The van der Waals surface area contributed by atoms with Crippen LogP contribution in [0.3, 0.4) is 0 Å². The van der Waals surface area contributed by atoms with Gasteiger partial charge in [-0.15, -0.1) is 0 Å². The van der Waals surface area contributed by atoms with Gasteiger partial charge in [-0.25, -0.2) is 9.55 Å². The van der Waals surface area contributed by atoms with Gasteiger partial charge in [-0.2, -0.15) is 0 Å². The van der Waals surface area contributed by atoms with E-state index in [4.69, 9.17) is 13.5 Å². The average molecular weight is 529 g/mol. The van der Waals surface area contributed by atoms with Gasteiger partial charge in [0.2, 0.25) is 11.4 Å². The van der Waals surface area contributed by atoms with Gasteiger partial charge in [0.15, 0.2) is 11.8 Å². The van der Waals surface area contributed by atoms with Crippen molar-refractivity contribution in [1.82, 2.24) is 4.98 Å². The van der Waals surface area contributed by atoms with Gasteiger partial charge in [0, 0.05) is 31.9 Å². The highest BCUT2D eigenvalue weighted by Crippen LogP contribution is 2.49. The van der Waals surface area contributed by atoms with Crippen LogP contribution in [0, 0.1) is 13.8 Å². The Morgan fingerprint density at radius 2 is 1.65 bits per heavy atom. The zero-order valence-electron chi connectivity index (χ0n) is 27.1. The molecule has 0 N–H and O–H groups in total. The van der Waals surface area contributed by atoms with Gasteiger partial charge in [0.05, 0.1) is 11.1 Å². The summed E-state index contributed by atoms with van der Waals surface area (Å²) >= 11 is 0.